The Balaban J connectivity index is 1.72. The van der Waals surface area contributed by atoms with E-state index in [0.717, 1.165) is 18.3 Å². The molecule has 20 heavy (non-hydrogen) atoms. The zero-order valence-electron chi connectivity index (χ0n) is 12.4. The van der Waals surface area contributed by atoms with E-state index in [4.69, 9.17) is 4.74 Å². The van der Waals surface area contributed by atoms with Crippen LogP contribution in [0.15, 0.2) is 5.10 Å². The lowest BCUT2D eigenvalue weighted by Gasteiger charge is -2.41. The minimum atomic E-state index is -0.0989. The number of hydrazone groups is 1. The van der Waals surface area contributed by atoms with Crippen molar-refractivity contribution in [3.63, 3.8) is 0 Å². The third-order valence-electron chi connectivity index (χ3n) is 5.81. The molecule has 3 aliphatic carbocycles. The van der Waals surface area contributed by atoms with Crippen LogP contribution in [0.25, 0.3) is 0 Å². The lowest BCUT2D eigenvalue weighted by molar-refractivity contribution is -0.611. The Hall–Kier alpha value is -0.900. The van der Waals surface area contributed by atoms with Crippen molar-refractivity contribution in [1.29, 1.82) is 0 Å². The molecular formula is C16H24N2O2. The summed E-state index contributed by atoms with van der Waals surface area (Å²) in [6, 6.07) is 0. The molecule has 4 fully saturated rings. The topological polar surface area (TPSA) is 47.7 Å². The highest BCUT2D eigenvalue weighted by Crippen LogP contribution is 2.45. The Morgan fingerprint density at radius 3 is 2.40 bits per heavy atom. The zero-order valence-corrected chi connectivity index (χ0v) is 12.4. The van der Waals surface area contributed by atoms with E-state index in [9.17, 15) is 5.11 Å². The molecule has 0 aromatic heterocycles. The fourth-order valence-corrected chi connectivity index (χ4v) is 4.94. The molecular weight excluding hydrogens is 252 g/mol. The smallest absolute Gasteiger partial charge is 0.295 e. The number of hydrogen-bond donors (Lipinski definition) is 0. The standard InChI is InChI=1S/C16H24N2O2/c1-9-5-11-7-12(8-11)6-10(2)14(9)18-16-13(3-4-20-16)15(19)17-18/h9-13,16H,3-8H2,1-2H3. The Labute approximate surface area is 120 Å². The van der Waals surface area contributed by atoms with E-state index in [1.54, 1.807) is 0 Å². The summed E-state index contributed by atoms with van der Waals surface area (Å²) >= 11 is 0. The largest absolute Gasteiger partial charge is 0.857 e. The maximum atomic E-state index is 12.0. The van der Waals surface area contributed by atoms with Crippen molar-refractivity contribution in [3.05, 3.63) is 0 Å². The second-order valence-electron chi connectivity index (χ2n) is 7.34. The predicted octanol–water partition coefficient (Wildman–Crippen LogP) is 1.58. The Morgan fingerprint density at radius 2 is 1.75 bits per heavy atom. The van der Waals surface area contributed by atoms with E-state index >= 15 is 0 Å². The number of hydrogen-bond acceptors (Lipinski definition) is 3. The van der Waals surface area contributed by atoms with Crippen molar-refractivity contribution >= 4 is 11.6 Å². The van der Waals surface area contributed by atoms with Gasteiger partial charge in [0, 0.05) is 17.7 Å². The second-order valence-corrected chi connectivity index (χ2v) is 7.34. The van der Waals surface area contributed by atoms with Crippen molar-refractivity contribution in [3.8, 4) is 0 Å². The summed E-state index contributed by atoms with van der Waals surface area (Å²) in [5, 5.41) is 16.4. The molecule has 110 valence electrons. The SMILES string of the molecule is CC1CC2CC(C2)CC(C)C1=[N+]1N=C([O-])C2CCOC21. The average Bonchev–Trinajstić information content (AvgIpc) is 2.91. The maximum Gasteiger partial charge on any atom is 0.295 e. The van der Waals surface area contributed by atoms with Gasteiger partial charge in [0.2, 0.25) is 0 Å². The first-order chi connectivity index (χ1) is 9.63. The monoisotopic (exact) mass is 276 g/mol. The van der Waals surface area contributed by atoms with Crippen LogP contribution in [0.1, 0.15) is 46.0 Å². The fourth-order valence-electron chi connectivity index (χ4n) is 4.94. The normalized spacial score (nSPS) is 47.4. The third kappa shape index (κ3) is 1.84. The van der Waals surface area contributed by atoms with Crippen LogP contribution in [0.3, 0.4) is 0 Å². The molecule has 2 heterocycles. The number of fused-ring (bicyclic) bond motifs is 5. The van der Waals surface area contributed by atoms with Crippen LogP contribution in [0.4, 0.5) is 0 Å². The van der Waals surface area contributed by atoms with Crippen LogP contribution in [0.5, 0.6) is 0 Å². The van der Waals surface area contributed by atoms with Gasteiger partial charge in [0.15, 0.2) is 5.71 Å². The Morgan fingerprint density at radius 1 is 1.10 bits per heavy atom. The van der Waals surface area contributed by atoms with Crippen LogP contribution < -0.4 is 5.11 Å². The molecule has 4 nitrogen and oxygen atoms in total. The predicted molar refractivity (Wildman–Crippen MR) is 74.3 cm³/mol. The number of nitrogens with zero attached hydrogens (tertiary/aromatic N) is 2. The molecule has 5 aliphatic rings. The molecule has 4 atom stereocenters. The van der Waals surface area contributed by atoms with Crippen LogP contribution in [0.2, 0.25) is 0 Å². The zero-order chi connectivity index (χ0) is 13.9. The van der Waals surface area contributed by atoms with Crippen molar-refractivity contribution in [1.82, 2.24) is 0 Å². The Kier molecular flexibility index (Phi) is 2.92. The van der Waals surface area contributed by atoms with Crippen molar-refractivity contribution < 1.29 is 14.5 Å². The van der Waals surface area contributed by atoms with Gasteiger partial charge in [-0.05, 0) is 49.0 Å². The molecule has 0 radical (unpaired) electrons. The van der Waals surface area contributed by atoms with Gasteiger partial charge in [0.1, 0.15) is 0 Å². The van der Waals surface area contributed by atoms with Crippen LogP contribution >= 0.6 is 0 Å². The molecule has 0 N–H and O–H groups in total. The van der Waals surface area contributed by atoms with E-state index < -0.39 is 0 Å². The highest BCUT2D eigenvalue weighted by molar-refractivity contribution is 5.85. The average molecular weight is 276 g/mol. The molecule has 1 saturated heterocycles. The summed E-state index contributed by atoms with van der Waals surface area (Å²) in [5.41, 5.74) is 1.36. The number of rotatable bonds is 0. The number of ether oxygens (including phenoxy) is 1. The summed E-state index contributed by atoms with van der Waals surface area (Å²) < 4.78 is 7.80. The van der Waals surface area contributed by atoms with Crippen molar-refractivity contribution in [2.45, 2.75) is 52.2 Å². The molecule has 0 aromatic rings. The molecule has 5 rings (SSSR count). The van der Waals surface area contributed by atoms with E-state index in [0.29, 0.717) is 18.4 Å². The molecule has 2 aliphatic heterocycles. The summed E-state index contributed by atoms with van der Waals surface area (Å²) in [4.78, 5) is 0. The lowest BCUT2D eigenvalue weighted by atomic mass is 9.63. The van der Waals surface area contributed by atoms with Gasteiger partial charge in [-0.1, -0.05) is 18.5 Å². The van der Waals surface area contributed by atoms with Gasteiger partial charge in [-0.2, -0.15) is 0 Å². The van der Waals surface area contributed by atoms with Crippen LogP contribution in [0, 0.1) is 29.6 Å². The summed E-state index contributed by atoms with van der Waals surface area (Å²) in [5.74, 6) is 2.87. The molecule has 0 spiro atoms. The first kappa shape index (κ1) is 12.8. The molecule has 0 aromatic carbocycles. The summed E-state index contributed by atoms with van der Waals surface area (Å²) in [6.45, 7) is 5.33. The highest BCUT2D eigenvalue weighted by atomic mass is 16.5. The third-order valence-corrected chi connectivity index (χ3v) is 5.81. The molecule has 0 amide bonds. The highest BCUT2D eigenvalue weighted by Gasteiger charge is 2.48. The quantitative estimate of drug-likeness (QED) is 0.631. The van der Waals surface area contributed by atoms with E-state index in [1.165, 1.54) is 31.4 Å². The molecule has 3 saturated carbocycles. The van der Waals surface area contributed by atoms with E-state index in [1.807, 2.05) is 4.68 Å². The molecule has 4 heteroatoms. The van der Waals surface area contributed by atoms with Gasteiger partial charge in [0.25, 0.3) is 6.23 Å². The van der Waals surface area contributed by atoms with Gasteiger partial charge < -0.3 is 9.84 Å². The molecule has 4 unspecified atom stereocenters. The first-order valence-corrected chi connectivity index (χ1v) is 8.16. The minimum Gasteiger partial charge on any atom is -0.857 e. The maximum absolute atomic E-state index is 12.0. The van der Waals surface area contributed by atoms with Gasteiger partial charge in [0.05, 0.1) is 12.5 Å². The van der Waals surface area contributed by atoms with Gasteiger partial charge in [-0.3, -0.25) is 0 Å². The second kappa shape index (κ2) is 4.55. The van der Waals surface area contributed by atoms with Crippen molar-refractivity contribution in [2.24, 2.45) is 34.7 Å². The van der Waals surface area contributed by atoms with Gasteiger partial charge in [-0.15, -0.1) is 0 Å². The van der Waals surface area contributed by atoms with Gasteiger partial charge in [-0.25, -0.2) is 0 Å². The van der Waals surface area contributed by atoms with Crippen LogP contribution in [-0.2, 0) is 4.74 Å². The van der Waals surface area contributed by atoms with E-state index in [-0.39, 0.29) is 18.0 Å². The first-order valence-electron chi connectivity index (χ1n) is 8.16. The summed E-state index contributed by atoms with van der Waals surface area (Å²) in [7, 11) is 0. The minimum absolute atomic E-state index is 0.0122. The fraction of sp³-hybridized carbons (Fsp3) is 0.875. The Bertz CT molecular complexity index is 461. The van der Waals surface area contributed by atoms with E-state index in [2.05, 4.69) is 18.9 Å². The van der Waals surface area contributed by atoms with Crippen molar-refractivity contribution in [2.75, 3.05) is 6.61 Å². The molecule has 2 bridgehead atoms. The summed E-state index contributed by atoms with van der Waals surface area (Å²) in [6.07, 6.45) is 6.09. The van der Waals surface area contributed by atoms with Gasteiger partial charge >= 0.3 is 0 Å². The van der Waals surface area contributed by atoms with Crippen LogP contribution in [-0.4, -0.2) is 29.1 Å². The lowest BCUT2D eigenvalue weighted by Crippen LogP contribution is -2.41.